The summed E-state index contributed by atoms with van der Waals surface area (Å²) < 4.78 is 64.5. The van der Waals surface area contributed by atoms with Gasteiger partial charge in [-0.05, 0) is 51.3 Å². The number of hydrogen-bond donors (Lipinski definition) is 2. The fourth-order valence-electron chi connectivity index (χ4n) is 3.86. The molecule has 0 aliphatic carbocycles. The zero-order chi connectivity index (χ0) is 25.3. The van der Waals surface area contributed by atoms with E-state index in [0.717, 1.165) is 17.0 Å². The number of nitrogens with one attached hydrogen (secondary N) is 2. The summed E-state index contributed by atoms with van der Waals surface area (Å²) in [5.41, 5.74) is -0.191. The number of carbonyl (C=O) groups is 3. The van der Waals surface area contributed by atoms with Gasteiger partial charge in [-0.2, -0.15) is 0 Å². The molecule has 0 bridgehead atoms. The molecule has 3 atom stereocenters. The van der Waals surface area contributed by atoms with Gasteiger partial charge in [0, 0.05) is 37.0 Å². The maximum absolute atomic E-state index is 15.7. The first-order valence-corrected chi connectivity index (χ1v) is 12.0. The Morgan fingerprint density at radius 2 is 1.88 bits per heavy atom. The number of halogens is 3. The summed E-state index contributed by atoms with van der Waals surface area (Å²) in [4.78, 5) is 38.6. The Bertz CT molecular complexity index is 937. The molecule has 2 unspecified atom stereocenters. The number of benzene rings is 1. The van der Waals surface area contributed by atoms with Crippen molar-refractivity contribution in [2.24, 2.45) is 5.92 Å². The quantitative estimate of drug-likeness (QED) is 0.437. The van der Waals surface area contributed by atoms with E-state index in [2.05, 4.69) is 4.72 Å². The van der Waals surface area contributed by atoms with Gasteiger partial charge in [0.2, 0.25) is 11.8 Å². The number of nitrogens with zero attached hydrogens (tertiary/aromatic N) is 1. The fraction of sp³-hybridized carbons (Fsp3) is 0.591. The van der Waals surface area contributed by atoms with Gasteiger partial charge in [-0.3, -0.25) is 19.8 Å². The molecule has 0 saturated carbocycles. The van der Waals surface area contributed by atoms with E-state index < -0.39 is 70.1 Å². The van der Waals surface area contributed by atoms with Gasteiger partial charge >= 0.3 is 6.03 Å². The summed E-state index contributed by atoms with van der Waals surface area (Å²) in [6.45, 7) is 5.31. The highest BCUT2D eigenvalue weighted by atomic mass is 32.2. The SMILES string of the molecule is CC(C)(C)[S@+]([O-])NC(c1cccc(F)c1)C(F)(F)CC1C(=O)NC(=O)N(C2CCOCC2)C1=O. The molecule has 1 aromatic rings. The molecule has 3 rings (SSSR count). The molecular formula is C22H28F3N3O5S. The van der Waals surface area contributed by atoms with Gasteiger partial charge in [0.1, 0.15) is 22.5 Å². The van der Waals surface area contributed by atoms with Crippen LogP contribution in [0.3, 0.4) is 0 Å². The van der Waals surface area contributed by atoms with Crippen molar-refractivity contribution in [3.63, 3.8) is 0 Å². The first-order chi connectivity index (χ1) is 15.8. The van der Waals surface area contributed by atoms with Crippen LogP contribution in [0.15, 0.2) is 24.3 Å². The third-order valence-corrected chi connectivity index (χ3v) is 7.28. The van der Waals surface area contributed by atoms with Crippen molar-refractivity contribution in [2.45, 2.75) is 62.8 Å². The fourth-order valence-corrected chi connectivity index (χ4v) is 4.74. The van der Waals surface area contributed by atoms with Crippen LogP contribution in [0.2, 0.25) is 0 Å². The summed E-state index contributed by atoms with van der Waals surface area (Å²) in [5, 5.41) is 2.00. The van der Waals surface area contributed by atoms with Gasteiger partial charge < -0.3 is 9.29 Å². The monoisotopic (exact) mass is 503 g/mol. The average molecular weight is 504 g/mol. The zero-order valence-electron chi connectivity index (χ0n) is 19.1. The van der Waals surface area contributed by atoms with E-state index in [1.807, 2.05) is 5.32 Å². The van der Waals surface area contributed by atoms with Crippen LogP contribution in [0.1, 0.15) is 51.6 Å². The van der Waals surface area contributed by atoms with Crippen LogP contribution in [0, 0.1) is 11.7 Å². The van der Waals surface area contributed by atoms with E-state index >= 15 is 8.78 Å². The topological polar surface area (TPSA) is 111 Å². The van der Waals surface area contributed by atoms with Crippen molar-refractivity contribution in [1.29, 1.82) is 0 Å². The van der Waals surface area contributed by atoms with E-state index in [0.29, 0.717) is 26.1 Å². The molecule has 8 nitrogen and oxygen atoms in total. The highest BCUT2D eigenvalue weighted by molar-refractivity contribution is 7.90. The molecule has 0 spiro atoms. The Kier molecular flexibility index (Phi) is 7.96. The second-order valence-electron chi connectivity index (χ2n) is 9.35. The lowest BCUT2D eigenvalue weighted by molar-refractivity contribution is -0.151. The summed E-state index contributed by atoms with van der Waals surface area (Å²) in [7, 11) is 0. The molecule has 2 aliphatic heterocycles. The lowest BCUT2D eigenvalue weighted by atomic mass is 9.89. The van der Waals surface area contributed by atoms with Crippen molar-refractivity contribution in [3.8, 4) is 0 Å². The van der Waals surface area contributed by atoms with Crippen molar-refractivity contribution in [3.05, 3.63) is 35.6 Å². The second-order valence-corrected chi connectivity index (χ2v) is 11.3. The molecule has 12 heteroatoms. The molecule has 1 aromatic carbocycles. The van der Waals surface area contributed by atoms with Crippen molar-refractivity contribution in [1.82, 2.24) is 14.9 Å². The van der Waals surface area contributed by atoms with Crippen LogP contribution in [-0.4, -0.2) is 57.2 Å². The molecular weight excluding hydrogens is 475 g/mol. The molecule has 4 amide bonds. The van der Waals surface area contributed by atoms with Crippen LogP contribution in [0.5, 0.6) is 0 Å². The molecule has 188 valence electrons. The minimum Gasteiger partial charge on any atom is -0.598 e. The Hall–Kier alpha value is -2.15. The molecule has 0 radical (unpaired) electrons. The zero-order valence-corrected chi connectivity index (χ0v) is 19.9. The third-order valence-electron chi connectivity index (χ3n) is 5.72. The molecule has 0 aromatic heterocycles. The van der Waals surface area contributed by atoms with E-state index in [1.165, 1.54) is 12.1 Å². The minimum atomic E-state index is -3.81. The molecule has 2 heterocycles. The first kappa shape index (κ1) is 26.5. The smallest absolute Gasteiger partial charge is 0.331 e. The van der Waals surface area contributed by atoms with Gasteiger partial charge in [-0.25, -0.2) is 18.0 Å². The predicted molar refractivity (Wildman–Crippen MR) is 117 cm³/mol. The van der Waals surface area contributed by atoms with Gasteiger partial charge in [-0.15, -0.1) is 4.72 Å². The van der Waals surface area contributed by atoms with Crippen LogP contribution in [0.25, 0.3) is 0 Å². The summed E-state index contributed by atoms with van der Waals surface area (Å²) in [6, 6.07) is 0.958. The number of barbiturate groups is 1. The molecule has 2 saturated heterocycles. The number of imide groups is 2. The maximum atomic E-state index is 15.7. The number of rotatable bonds is 7. The summed E-state index contributed by atoms with van der Waals surface area (Å²) in [6.07, 6.45) is -0.608. The van der Waals surface area contributed by atoms with Crippen molar-refractivity contribution >= 4 is 29.2 Å². The van der Waals surface area contributed by atoms with Crippen LogP contribution in [-0.2, 0) is 25.7 Å². The number of ether oxygens (including phenoxy) is 1. The van der Waals surface area contributed by atoms with E-state index in [-0.39, 0.29) is 5.56 Å². The lowest BCUT2D eigenvalue weighted by Gasteiger charge is -2.39. The highest BCUT2D eigenvalue weighted by Gasteiger charge is 2.52. The number of urea groups is 1. The van der Waals surface area contributed by atoms with E-state index in [1.54, 1.807) is 20.8 Å². The van der Waals surface area contributed by atoms with Crippen LogP contribution in [0.4, 0.5) is 18.0 Å². The van der Waals surface area contributed by atoms with Gasteiger partial charge in [0.15, 0.2) is 0 Å². The number of amides is 4. The van der Waals surface area contributed by atoms with Gasteiger partial charge in [0.25, 0.3) is 5.92 Å². The number of hydrogen-bond acceptors (Lipinski definition) is 6. The standard InChI is InChI=1S/C22H28F3N3O5S/c1-21(2,3)34(32)27-17(13-5-4-6-14(23)11-13)22(24,25)12-16-18(29)26-20(31)28(19(16)30)15-7-9-33-10-8-15/h4-6,11,15-17,27H,7-10,12H2,1-3H3,(H,26,29,31)/t16?,17?,34-/m0/s1. The molecule has 2 N–H and O–H groups in total. The molecule has 2 fully saturated rings. The third kappa shape index (κ3) is 5.91. The average Bonchev–Trinajstić information content (AvgIpc) is 2.74. The van der Waals surface area contributed by atoms with E-state index in [4.69, 9.17) is 4.74 Å². The van der Waals surface area contributed by atoms with Gasteiger partial charge in [-0.1, -0.05) is 12.1 Å². The Morgan fingerprint density at radius 3 is 2.47 bits per heavy atom. The largest absolute Gasteiger partial charge is 0.598 e. The van der Waals surface area contributed by atoms with Crippen LogP contribution < -0.4 is 10.0 Å². The summed E-state index contributed by atoms with van der Waals surface area (Å²) in [5.74, 6) is -8.59. The number of carbonyl (C=O) groups excluding carboxylic acids is 3. The highest BCUT2D eigenvalue weighted by Crippen LogP contribution is 2.40. The Balaban J connectivity index is 1.90. The van der Waals surface area contributed by atoms with Crippen LogP contribution >= 0.6 is 0 Å². The number of alkyl halides is 2. The van der Waals surface area contributed by atoms with Crippen molar-refractivity contribution in [2.75, 3.05) is 13.2 Å². The second kappa shape index (κ2) is 10.2. The maximum Gasteiger partial charge on any atom is 0.331 e. The minimum absolute atomic E-state index is 0.191. The van der Waals surface area contributed by atoms with E-state index in [9.17, 15) is 23.3 Å². The lowest BCUT2D eigenvalue weighted by Crippen LogP contribution is -2.62. The first-order valence-electron chi connectivity index (χ1n) is 10.9. The Morgan fingerprint density at radius 1 is 1.24 bits per heavy atom. The molecule has 34 heavy (non-hydrogen) atoms. The normalized spacial score (nSPS) is 22.5. The van der Waals surface area contributed by atoms with Gasteiger partial charge in [0.05, 0.1) is 0 Å². The summed E-state index contributed by atoms with van der Waals surface area (Å²) >= 11 is -1.98. The van der Waals surface area contributed by atoms with Crippen molar-refractivity contribution < 1.29 is 36.8 Å². The predicted octanol–water partition coefficient (Wildman–Crippen LogP) is 2.82. The molecule has 2 aliphatic rings. The Labute approximate surface area is 198 Å².